The van der Waals surface area contributed by atoms with E-state index in [1.807, 2.05) is 61.5 Å². The van der Waals surface area contributed by atoms with Gasteiger partial charge in [-0.15, -0.1) is 11.8 Å². The lowest BCUT2D eigenvalue weighted by Crippen LogP contribution is -2.30. The Morgan fingerprint density at radius 3 is 2.23 bits per heavy atom. The maximum absolute atomic E-state index is 13.4. The summed E-state index contributed by atoms with van der Waals surface area (Å²) < 4.78 is 5.43. The van der Waals surface area contributed by atoms with Crippen molar-refractivity contribution in [2.45, 2.75) is 11.8 Å². The highest BCUT2D eigenvalue weighted by Crippen LogP contribution is 2.23. The Labute approximate surface area is 253 Å². The van der Waals surface area contributed by atoms with Crippen molar-refractivity contribution in [3.8, 4) is 5.75 Å². The molecule has 9 heteroatoms. The van der Waals surface area contributed by atoms with Crippen LogP contribution in [0.2, 0.25) is 0 Å². The van der Waals surface area contributed by atoms with Gasteiger partial charge in [0, 0.05) is 44.5 Å². The second kappa shape index (κ2) is 14.1. The van der Waals surface area contributed by atoms with Crippen LogP contribution in [0.25, 0.3) is 17.0 Å². The number of aromatic nitrogens is 1. The zero-order valence-electron chi connectivity index (χ0n) is 23.4. The van der Waals surface area contributed by atoms with E-state index in [4.69, 9.17) is 4.74 Å². The van der Waals surface area contributed by atoms with E-state index in [2.05, 4.69) is 20.9 Å². The zero-order chi connectivity index (χ0) is 30.0. The van der Waals surface area contributed by atoms with Crippen molar-refractivity contribution in [1.29, 1.82) is 0 Å². The molecule has 8 nitrogen and oxygen atoms in total. The lowest BCUT2D eigenvalue weighted by molar-refractivity contribution is -0.114. The van der Waals surface area contributed by atoms with Crippen LogP contribution in [0, 0.1) is 0 Å². The number of amides is 3. The van der Waals surface area contributed by atoms with Gasteiger partial charge in [0.15, 0.2) is 0 Å². The number of ether oxygens (including phenoxy) is 1. The molecule has 0 spiro atoms. The highest BCUT2D eigenvalue weighted by Gasteiger charge is 2.16. The Morgan fingerprint density at radius 2 is 1.49 bits per heavy atom. The van der Waals surface area contributed by atoms with Crippen molar-refractivity contribution >= 4 is 57.8 Å². The van der Waals surface area contributed by atoms with Crippen LogP contribution in [-0.2, 0) is 9.59 Å². The number of H-pyrrole nitrogens is 1. The van der Waals surface area contributed by atoms with Crippen LogP contribution >= 0.6 is 11.8 Å². The molecule has 0 atom stereocenters. The Hall–Kier alpha value is -5.28. The van der Waals surface area contributed by atoms with E-state index in [-0.39, 0.29) is 17.4 Å². The summed E-state index contributed by atoms with van der Waals surface area (Å²) in [6.07, 6.45) is 3.45. The van der Waals surface area contributed by atoms with Crippen molar-refractivity contribution in [3.05, 3.63) is 126 Å². The number of aromatic amines is 1. The molecule has 43 heavy (non-hydrogen) atoms. The molecule has 0 saturated heterocycles. The van der Waals surface area contributed by atoms with Crippen molar-refractivity contribution in [2.75, 3.05) is 23.0 Å². The van der Waals surface area contributed by atoms with Gasteiger partial charge >= 0.3 is 0 Å². The first-order chi connectivity index (χ1) is 21.0. The lowest BCUT2D eigenvalue weighted by atomic mass is 10.1. The van der Waals surface area contributed by atoms with Gasteiger partial charge in [-0.05, 0) is 79.7 Å². The zero-order valence-corrected chi connectivity index (χ0v) is 24.2. The molecule has 0 radical (unpaired) electrons. The average Bonchev–Trinajstić information content (AvgIpc) is 3.44. The third kappa shape index (κ3) is 7.93. The molecule has 4 aromatic carbocycles. The molecular weight excluding hydrogens is 560 g/mol. The van der Waals surface area contributed by atoms with Gasteiger partial charge in [0.05, 0.1) is 12.4 Å². The third-order valence-electron chi connectivity index (χ3n) is 6.38. The minimum absolute atomic E-state index is 0.100. The maximum atomic E-state index is 13.4. The highest BCUT2D eigenvalue weighted by atomic mass is 32.2. The number of para-hydroxylation sites is 1. The number of fused-ring (bicyclic) bond motifs is 1. The fourth-order valence-electron chi connectivity index (χ4n) is 4.29. The molecule has 5 rings (SSSR count). The van der Waals surface area contributed by atoms with E-state index >= 15 is 0 Å². The average molecular weight is 591 g/mol. The van der Waals surface area contributed by atoms with Crippen molar-refractivity contribution < 1.29 is 19.1 Å². The molecule has 0 unspecified atom stereocenters. The molecule has 0 saturated carbocycles. The number of rotatable bonds is 11. The number of thioether (sulfide) groups is 1. The molecule has 4 N–H and O–H groups in total. The number of nitrogens with one attached hydrogen (secondary N) is 4. The molecule has 216 valence electrons. The van der Waals surface area contributed by atoms with Crippen LogP contribution in [0.3, 0.4) is 0 Å². The SMILES string of the molecule is CCOc1ccc(NC(=O)CSc2ccc(NC(=O)/C(=C\c3c[nH]c4ccccc34)NC(=O)c3ccccc3)cc2)cc1. The van der Waals surface area contributed by atoms with Gasteiger partial charge in [-0.2, -0.15) is 0 Å². The third-order valence-corrected chi connectivity index (χ3v) is 7.39. The van der Waals surface area contributed by atoms with Gasteiger partial charge < -0.3 is 25.7 Å². The van der Waals surface area contributed by atoms with Crippen LogP contribution in [0.4, 0.5) is 11.4 Å². The summed E-state index contributed by atoms with van der Waals surface area (Å²) in [5.41, 5.74) is 3.47. The van der Waals surface area contributed by atoms with Crippen molar-refractivity contribution in [3.63, 3.8) is 0 Å². The van der Waals surface area contributed by atoms with E-state index in [9.17, 15) is 14.4 Å². The first-order valence-electron chi connectivity index (χ1n) is 13.7. The summed E-state index contributed by atoms with van der Waals surface area (Å²) in [7, 11) is 0. The summed E-state index contributed by atoms with van der Waals surface area (Å²) in [5, 5.41) is 9.44. The van der Waals surface area contributed by atoms with E-state index in [0.29, 0.717) is 23.5 Å². The van der Waals surface area contributed by atoms with Crippen LogP contribution < -0.4 is 20.7 Å². The van der Waals surface area contributed by atoms with Crippen LogP contribution in [0.1, 0.15) is 22.8 Å². The molecule has 3 amide bonds. The normalized spacial score (nSPS) is 11.1. The lowest BCUT2D eigenvalue weighted by Gasteiger charge is -2.12. The van der Waals surface area contributed by atoms with Crippen LogP contribution in [0.5, 0.6) is 5.75 Å². The number of carbonyl (C=O) groups is 3. The van der Waals surface area contributed by atoms with Crippen LogP contribution in [0.15, 0.2) is 120 Å². The maximum Gasteiger partial charge on any atom is 0.272 e. The monoisotopic (exact) mass is 590 g/mol. The first kappa shape index (κ1) is 29.2. The highest BCUT2D eigenvalue weighted by molar-refractivity contribution is 8.00. The van der Waals surface area contributed by atoms with E-state index < -0.39 is 11.8 Å². The Balaban J connectivity index is 1.23. The molecule has 0 aliphatic heterocycles. The molecule has 1 heterocycles. The van der Waals surface area contributed by atoms with Crippen LogP contribution in [-0.4, -0.2) is 35.1 Å². The van der Waals surface area contributed by atoms with Crippen molar-refractivity contribution in [1.82, 2.24) is 10.3 Å². The summed E-state index contributed by atoms with van der Waals surface area (Å²) >= 11 is 1.38. The largest absolute Gasteiger partial charge is 0.494 e. The van der Waals surface area contributed by atoms with E-state index in [1.165, 1.54) is 11.8 Å². The minimum Gasteiger partial charge on any atom is -0.494 e. The second-order valence-corrected chi connectivity index (χ2v) is 10.5. The Morgan fingerprint density at radius 1 is 0.814 bits per heavy atom. The molecule has 1 aromatic heterocycles. The fraction of sp³-hybridized carbons (Fsp3) is 0.0882. The topological polar surface area (TPSA) is 112 Å². The van der Waals surface area contributed by atoms with Gasteiger partial charge in [-0.1, -0.05) is 36.4 Å². The number of hydrogen-bond donors (Lipinski definition) is 4. The number of carbonyl (C=O) groups excluding carboxylic acids is 3. The Kier molecular flexibility index (Phi) is 9.56. The number of hydrogen-bond acceptors (Lipinski definition) is 5. The van der Waals surface area contributed by atoms with Gasteiger partial charge in [0.25, 0.3) is 11.8 Å². The molecular formula is C34H30N4O4S. The quantitative estimate of drug-likeness (QED) is 0.101. The molecule has 0 aliphatic carbocycles. The first-order valence-corrected chi connectivity index (χ1v) is 14.7. The molecule has 0 aliphatic rings. The summed E-state index contributed by atoms with van der Waals surface area (Å²) in [5.74, 6) is -0.0159. The smallest absolute Gasteiger partial charge is 0.272 e. The number of benzene rings is 4. The van der Waals surface area contributed by atoms with Gasteiger partial charge in [-0.3, -0.25) is 14.4 Å². The fourth-order valence-corrected chi connectivity index (χ4v) is 4.99. The molecule has 0 fully saturated rings. The van der Waals surface area contributed by atoms with Gasteiger partial charge in [0.2, 0.25) is 5.91 Å². The van der Waals surface area contributed by atoms with Gasteiger partial charge in [-0.25, -0.2) is 0 Å². The van der Waals surface area contributed by atoms with Gasteiger partial charge in [0.1, 0.15) is 11.4 Å². The van der Waals surface area contributed by atoms with E-state index in [0.717, 1.165) is 27.1 Å². The minimum atomic E-state index is -0.468. The number of anilines is 2. The molecule has 5 aromatic rings. The van der Waals surface area contributed by atoms with Crippen molar-refractivity contribution in [2.24, 2.45) is 0 Å². The predicted molar refractivity (Wildman–Crippen MR) is 172 cm³/mol. The summed E-state index contributed by atoms with van der Waals surface area (Å²) in [6.45, 7) is 2.50. The standard InChI is InChI=1S/C34H30N4O4S/c1-2-42-27-16-12-25(13-17-27)36-32(39)22-43-28-18-14-26(15-19-28)37-34(41)31(38-33(40)23-8-4-3-5-9-23)20-24-21-35-30-11-7-6-10-29(24)30/h3-21,35H,2,22H2,1H3,(H,36,39)(H,37,41)(H,38,40)/b31-20+. The molecule has 0 bridgehead atoms. The second-order valence-electron chi connectivity index (χ2n) is 9.44. The predicted octanol–water partition coefficient (Wildman–Crippen LogP) is 6.71. The summed E-state index contributed by atoms with van der Waals surface area (Å²) in [6, 6.07) is 30.9. The van der Waals surface area contributed by atoms with E-state index in [1.54, 1.807) is 60.8 Å². The summed E-state index contributed by atoms with van der Waals surface area (Å²) in [4.78, 5) is 42.8. The Bertz CT molecular complexity index is 1750.